The molecule has 1 amide bonds. The van der Waals surface area contributed by atoms with E-state index in [1.54, 1.807) is 12.4 Å². The maximum Gasteiger partial charge on any atom is 0.253 e. The molecule has 4 heterocycles. The molecule has 154 valence electrons. The Bertz CT molecular complexity index is 1030. The minimum Gasteiger partial charge on any atom is -0.377 e. The molecule has 7 nitrogen and oxygen atoms in total. The van der Waals surface area contributed by atoms with Crippen molar-refractivity contribution in [3.63, 3.8) is 0 Å². The Hall–Kier alpha value is -3.06. The van der Waals surface area contributed by atoms with Crippen molar-refractivity contribution in [3.8, 4) is 11.4 Å². The highest BCUT2D eigenvalue weighted by Crippen LogP contribution is 2.39. The van der Waals surface area contributed by atoms with Crippen LogP contribution in [0.5, 0.6) is 0 Å². The number of benzene rings is 1. The average Bonchev–Trinajstić information content (AvgIpc) is 3.42. The lowest BCUT2D eigenvalue weighted by Gasteiger charge is -2.27. The lowest BCUT2D eigenvalue weighted by atomic mass is 9.93. The van der Waals surface area contributed by atoms with Gasteiger partial charge in [-0.05, 0) is 49.1 Å². The number of hydrogen-bond donors (Lipinski definition) is 0. The van der Waals surface area contributed by atoms with Gasteiger partial charge in [-0.25, -0.2) is 0 Å². The Morgan fingerprint density at radius 2 is 1.90 bits per heavy atom. The van der Waals surface area contributed by atoms with Gasteiger partial charge >= 0.3 is 0 Å². The normalized spacial score (nSPS) is 20.1. The summed E-state index contributed by atoms with van der Waals surface area (Å²) < 4.78 is 7.70. The molecule has 1 aromatic carbocycles. The molecule has 2 aliphatic heterocycles. The quantitative estimate of drug-likeness (QED) is 0.654. The second kappa shape index (κ2) is 7.99. The molecular formula is C23H25N5O2. The molecule has 0 saturated carbocycles. The van der Waals surface area contributed by atoms with Crippen LogP contribution in [0.25, 0.3) is 11.4 Å². The minimum atomic E-state index is 0.0902. The summed E-state index contributed by atoms with van der Waals surface area (Å²) in [7, 11) is 0. The Labute approximate surface area is 175 Å². The van der Waals surface area contributed by atoms with Crippen molar-refractivity contribution in [2.75, 3.05) is 19.7 Å². The van der Waals surface area contributed by atoms with E-state index in [1.807, 2.05) is 48.2 Å². The second-order valence-corrected chi connectivity index (χ2v) is 7.96. The molecular weight excluding hydrogens is 378 g/mol. The van der Waals surface area contributed by atoms with E-state index in [0.29, 0.717) is 25.7 Å². The first-order chi connectivity index (χ1) is 14.7. The molecule has 0 aliphatic carbocycles. The second-order valence-electron chi connectivity index (χ2n) is 7.96. The molecule has 3 aromatic rings. The minimum absolute atomic E-state index is 0.0902. The monoisotopic (exact) mass is 403 g/mol. The SMILES string of the molecule is CCOCc1ccc(C(=O)N2C[C@H]3CCc4nnc(-c5ccncc5)n4[C@H]3C2)cc1. The molecule has 1 fully saturated rings. The van der Waals surface area contributed by atoms with Gasteiger partial charge in [0.2, 0.25) is 0 Å². The van der Waals surface area contributed by atoms with Gasteiger partial charge in [0.05, 0.1) is 12.6 Å². The van der Waals surface area contributed by atoms with Crippen molar-refractivity contribution in [1.82, 2.24) is 24.6 Å². The summed E-state index contributed by atoms with van der Waals surface area (Å²) >= 11 is 0. The van der Waals surface area contributed by atoms with Gasteiger partial charge < -0.3 is 14.2 Å². The zero-order valence-corrected chi connectivity index (χ0v) is 17.1. The predicted molar refractivity (Wildman–Crippen MR) is 112 cm³/mol. The van der Waals surface area contributed by atoms with Crippen LogP contribution >= 0.6 is 0 Å². The topological polar surface area (TPSA) is 73.1 Å². The Morgan fingerprint density at radius 1 is 1.10 bits per heavy atom. The third-order valence-corrected chi connectivity index (χ3v) is 6.14. The van der Waals surface area contributed by atoms with Crippen molar-refractivity contribution in [3.05, 3.63) is 65.7 Å². The molecule has 0 spiro atoms. The van der Waals surface area contributed by atoms with Crippen molar-refractivity contribution >= 4 is 5.91 Å². The number of nitrogens with zero attached hydrogens (tertiary/aromatic N) is 5. The number of carbonyl (C=O) groups excluding carboxylic acids is 1. The van der Waals surface area contributed by atoms with Gasteiger partial charge in [-0.1, -0.05) is 12.1 Å². The molecule has 2 aromatic heterocycles. The summed E-state index contributed by atoms with van der Waals surface area (Å²) in [5.41, 5.74) is 2.82. The lowest BCUT2D eigenvalue weighted by molar-refractivity contribution is 0.0784. The maximum absolute atomic E-state index is 13.2. The van der Waals surface area contributed by atoms with Crippen LogP contribution in [0.1, 0.15) is 41.1 Å². The van der Waals surface area contributed by atoms with Crippen molar-refractivity contribution in [2.24, 2.45) is 5.92 Å². The number of aromatic nitrogens is 4. The van der Waals surface area contributed by atoms with E-state index in [4.69, 9.17) is 4.74 Å². The van der Waals surface area contributed by atoms with Gasteiger partial charge in [0.25, 0.3) is 5.91 Å². The van der Waals surface area contributed by atoms with Crippen LogP contribution in [0.15, 0.2) is 48.8 Å². The third kappa shape index (κ3) is 3.39. The van der Waals surface area contributed by atoms with Crippen LogP contribution in [0.4, 0.5) is 0 Å². The molecule has 0 radical (unpaired) electrons. The number of pyridine rings is 1. The molecule has 2 atom stereocenters. The summed E-state index contributed by atoms with van der Waals surface area (Å²) in [6.45, 7) is 4.70. The van der Waals surface area contributed by atoms with Crippen molar-refractivity contribution in [2.45, 2.75) is 32.4 Å². The summed E-state index contributed by atoms with van der Waals surface area (Å²) in [5, 5.41) is 8.89. The Kier molecular flexibility index (Phi) is 5.04. The molecule has 7 heteroatoms. The van der Waals surface area contributed by atoms with E-state index < -0.39 is 0 Å². The molecule has 2 aliphatic rings. The fraction of sp³-hybridized carbons (Fsp3) is 0.391. The highest BCUT2D eigenvalue weighted by molar-refractivity contribution is 5.94. The van der Waals surface area contributed by atoms with Crippen LogP contribution in [-0.4, -0.2) is 50.3 Å². The number of amides is 1. The molecule has 0 bridgehead atoms. The molecule has 0 unspecified atom stereocenters. The summed E-state index contributed by atoms with van der Waals surface area (Å²) in [6, 6.07) is 11.9. The van der Waals surface area contributed by atoms with Gasteiger partial charge in [-0.3, -0.25) is 9.78 Å². The fourth-order valence-electron chi connectivity index (χ4n) is 4.60. The van der Waals surface area contributed by atoms with Crippen molar-refractivity contribution in [1.29, 1.82) is 0 Å². The third-order valence-electron chi connectivity index (χ3n) is 6.14. The predicted octanol–water partition coefficient (Wildman–Crippen LogP) is 3.14. The van der Waals surface area contributed by atoms with Gasteiger partial charge in [0.15, 0.2) is 5.82 Å². The largest absolute Gasteiger partial charge is 0.377 e. The van der Waals surface area contributed by atoms with Gasteiger partial charge in [0.1, 0.15) is 5.82 Å². The number of rotatable bonds is 5. The zero-order valence-electron chi connectivity index (χ0n) is 17.1. The number of carbonyl (C=O) groups is 1. The zero-order chi connectivity index (χ0) is 20.5. The standard InChI is InChI=1S/C23H25N5O2/c1-2-30-15-16-3-5-18(6-4-16)23(29)27-13-19-7-8-21-25-26-22(28(21)20(19)14-27)17-9-11-24-12-10-17/h3-6,9-12,19-20H,2,7-8,13-15H2,1H3/t19-,20+/m1/s1. The van der Waals surface area contributed by atoms with E-state index in [0.717, 1.165) is 47.7 Å². The number of ether oxygens (including phenoxy) is 1. The van der Waals surface area contributed by atoms with Crippen LogP contribution in [0, 0.1) is 5.92 Å². The first-order valence-corrected chi connectivity index (χ1v) is 10.5. The smallest absolute Gasteiger partial charge is 0.253 e. The van der Waals surface area contributed by atoms with Crippen LogP contribution in [0.3, 0.4) is 0 Å². The maximum atomic E-state index is 13.2. The summed E-state index contributed by atoms with van der Waals surface area (Å²) in [5.74, 6) is 2.40. The first kappa shape index (κ1) is 18.9. The van der Waals surface area contributed by atoms with E-state index in [-0.39, 0.29) is 11.9 Å². The first-order valence-electron chi connectivity index (χ1n) is 10.5. The van der Waals surface area contributed by atoms with Crippen molar-refractivity contribution < 1.29 is 9.53 Å². The van der Waals surface area contributed by atoms with E-state index in [9.17, 15) is 4.79 Å². The summed E-state index contributed by atoms with van der Waals surface area (Å²) in [4.78, 5) is 19.3. The van der Waals surface area contributed by atoms with E-state index >= 15 is 0 Å². The van der Waals surface area contributed by atoms with E-state index in [1.165, 1.54) is 0 Å². The molecule has 0 N–H and O–H groups in total. The fourth-order valence-corrected chi connectivity index (χ4v) is 4.60. The Balaban J connectivity index is 1.36. The number of hydrogen-bond acceptors (Lipinski definition) is 5. The average molecular weight is 403 g/mol. The highest BCUT2D eigenvalue weighted by Gasteiger charge is 2.41. The number of likely N-dealkylation sites (tertiary alicyclic amines) is 1. The number of aryl methyl sites for hydroxylation is 1. The van der Waals surface area contributed by atoms with E-state index in [2.05, 4.69) is 19.7 Å². The van der Waals surface area contributed by atoms with Gasteiger partial charge in [-0.15, -0.1) is 10.2 Å². The highest BCUT2D eigenvalue weighted by atomic mass is 16.5. The van der Waals surface area contributed by atoms with Crippen LogP contribution < -0.4 is 0 Å². The summed E-state index contributed by atoms with van der Waals surface area (Å²) in [6.07, 6.45) is 5.48. The van der Waals surface area contributed by atoms with Gasteiger partial charge in [0, 0.05) is 49.6 Å². The Morgan fingerprint density at radius 3 is 2.67 bits per heavy atom. The molecule has 5 rings (SSSR count). The molecule has 1 saturated heterocycles. The van der Waals surface area contributed by atoms with Gasteiger partial charge in [-0.2, -0.15) is 0 Å². The van der Waals surface area contributed by atoms with Crippen LogP contribution in [-0.2, 0) is 17.8 Å². The van der Waals surface area contributed by atoms with Crippen LogP contribution in [0.2, 0.25) is 0 Å². The molecule has 30 heavy (non-hydrogen) atoms. The lowest BCUT2D eigenvalue weighted by Crippen LogP contribution is -2.29. The number of fused-ring (bicyclic) bond motifs is 3.